The Kier molecular flexibility index (Phi) is 1.40. The number of H-pyrrole nitrogens is 2. The van der Waals surface area contributed by atoms with E-state index in [1.807, 2.05) is 0 Å². The van der Waals surface area contributed by atoms with E-state index < -0.39 is 0 Å². The molecule has 0 radical (unpaired) electrons. The first-order valence-electron chi connectivity index (χ1n) is 2.86. The lowest BCUT2D eigenvalue weighted by atomic mass is 10.6. The summed E-state index contributed by atoms with van der Waals surface area (Å²) in [4.78, 5) is 13.4. The standard InChI is InChI=1S/C5H3ClN4S/c6-5-9-2-3(10-5)7-1-8-4(2)11/h1H,(H2,7,8,9,10,11). The van der Waals surface area contributed by atoms with Crippen molar-refractivity contribution in [2.75, 3.05) is 0 Å². The van der Waals surface area contributed by atoms with Gasteiger partial charge in [-0.15, -0.1) is 0 Å². The maximum atomic E-state index is 5.59. The van der Waals surface area contributed by atoms with Crippen molar-refractivity contribution < 1.29 is 0 Å². The molecule has 0 bridgehead atoms. The van der Waals surface area contributed by atoms with Crippen LogP contribution < -0.4 is 0 Å². The van der Waals surface area contributed by atoms with Gasteiger partial charge in [0.15, 0.2) is 10.3 Å². The molecule has 0 aliphatic carbocycles. The molecular formula is C5H3ClN4S. The van der Waals surface area contributed by atoms with E-state index in [4.69, 9.17) is 23.8 Å². The van der Waals surface area contributed by atoms with Gasteiger partial charge in [-0.1, -0.05) is 12.2 Å². The van der Waals surface area contributed by atoms with Crippen LogP contribution in [-0.4, -0.2) is 19.9 Å². The minimum absolute atomic E-state index is 0.315. The largest absolute Gasteiger partial charge is 0.329 e. The maximum Gasteiger partial charge on any atom is 0.202 e. The van der Waals surface area contributed by atoms with Crippen LogP contribution in [-0.2, 0) is 0 Å². The van der Waals surface area contributed by atoms with E-state index in [2.05, 4.69) is 19.9 Å². The lowest BCUT2D eigenvalue weighted by Gasteiger charge is -1.84. The molecule has 6 heteroatoms. The van der Waals surface area contributed by atoms with Crippen molar-refractivity contribution in [1.82, 2.24) is 19.9 Å². The molecule has 0 unspecified atom stereocenters. The topological polar surface area (TPSA) is 57.4 Å². The summed E-state index contributed by atoms with van der Waals surface area (Å²) in [5.74, 6) is 0. The summed E-state index contributed by atoms with van der Waals surface area (Å²) in [5, 5.41) is 0.315. The molecule has 0 fully saturated rings. The van der Waals surface area contributed by atoms with Crippen LogP contribution in [0.1, 0.15) is 0 Å². The number of rotatable bonds is 0. The molecule has 2 N–H and O–H groups in total. The van der Waals surface area contributed by atoms with Gasteiger partial charge in [0.2, 0.25) is 5.28 Å². The average Bonchev–Trinajstić information content (AvgIpc) is 2.31. The van der Waals surface area contributed by atoms with Crippen molar-refractivity contribution in [2.24, 2.45) is 0 Å². The third-order valence-corrected chi connectivity index (χ3v) is 1.76. The Morgan fingerprint density at radius 2 is 2.36 bits per heavy atom. The molecule has 0 amide bonds. The molecule has 0 aliphatic rings. The van der Waals surface area contributed by atoms with Crippen LogP contribution in [0.15, 0.2) is 6.33 Å². The highest BCUT2D eigenvalue weighted by Gasteiger charge is 2.00. The molecule has 2 rings (SSSR count). The monoisotopic (exact) mass is 186 g/mol. The molecule has 4 nitrogen and oxygen atoms in total. The van der Waals surface area contributed by atoms with Crippen LogP contribution in [0.5, 0.6) is 0 Å². The van der Waals surface area contributed by atoms with Crippen LogP contribution in [0.3, 0.4) is 0 Å². The van der Waals surface area contributed by atoms with Gasteiger partial charge in [0.25, 0.3) is 0 Å². The summed E-state index contributed by atoms with van der Waals surface area (Å²) in [5.41, 5.74) is 1.31. The second kappa shape index (κ2) is 2.28. The highest BCUT2D eigenvalue weighted by atomic mass is 35.5. The number of halogens is 1. The molecule has 0 saturated carbocycles. The predicted molar refractivity (Wildman–Crippen MR) is 44.1 cm³/mol. The third-order valence-electron chi connectivity index (χ3n) is 1.27. The molecule has 0 saturated heterocycles. The lowest BCUT2D eigenvalue weighted by Crippen LogP contribution is -1.80. The molecule has 11 heavy (non-hydrogen) atoms. The highest BCUT2D eigenvalue weighted by molar-refractivity contribution is 7.71. The van der Waals surface area contributed by atoms with E-state index in [1.165, 1.54) is 6.33 Å². The van der Waals surface area contributed by atoms with Gasteiger partial charge in [0, 0.05) is 0 Å². The van der Waals surface area contributed by atoms with Gasteiger partial charge in [-0.25, -0.2) is 4.98 Å². The SMILES string of the molecule is S=c1nc[nH]c2nc(Cl)[nH]c12. The Labute approximate surface area is 71.6 Å². The van der Waals surface area contributed by atoms with Crippen LogP contribution in [0, 0.1) is 4.64 Å². The van der Waals surface area contributed by atoms with Gasteiger partial charge in [0.05, 0.1) is 6.33 Å². The number of fused-ring (bicyclic) bond motifs is 1. The zero-order valence-corrected chi connectivity index (χ0v) is 6.83. The van der Waals surface area contributed by atoms with Crippen LogP contribution in [0.4, 0.5) is 0 Å². The number of hydrogen-bond donors (Lipinski definition) is 2. The first-order valence-corrected chi connectivity index (χ1v) is 3.65. The van der Waals surface area contributed by atoms with E-state index in [1.54, 1.807) is 0 Å². The zero-order valence-electron chi connectivity index (χ0n) is 5.26. The van der Waals surface area contributed by atoms with Crippen molar-refractivity contribution in [2.45, 2.75) is 0 Å². The number of aromatic amines is 2. The number of hydrogen-bond acceptors (Lipinski definition) is 3. The molecule has 2 aromatic rings. The molecule has 0 atom stereocenters. The van der Waals surface area contributed by atoms with Gasteiger partial charge in [-0.05, 0) is 11.6 Å². The molecule has 56 valence electrons. The Morgan fingerprint density at radius 3 is 3.09 bits per heavy atom. The molecule has 2 aromatic heterocycles. The smallest absolute Gasteiger partial charge is 0.202 e. The van der Waals surface area contributed by atoms with E-state index >= 15 is 0 Å². The van der Waals surface area contributed by atoms with E-state index in [-0.39, 0.29) is 0 Å². The Balaban J connectivity index is 3.02. The van der Waals surface area contributed by atoms with Crippen molar-refractivity contribution in [3.8, 4) is 0 Å². The van der Waals surface area contributed by atoms with Crippen LogP contribution in [0.2, 0.25) is 5.28 Å². The number of imidazole rings is 1. The maximum absolute atomic E-state index is 5.59. The predicted octanol–water partition coefficient (Wildman–Crippen LogP) is 1.67. The Hall–Kier alpha value is -0.940. The zero-order chi connectivity index (χ0) is 7.84. The summed E-state index contributed by atoms with van der Waals surface area (Å²) < 4.78 is 0.471. The molecule has 0 aliphatic heterocycles. The quantitative estimate of drug-likeness (QED) is 0.486. The second-order valence-electron chi connectivity index (χ2n) is 1.96. The van der Waals surface area contributed by atoms with E-state index in [9.17, 15) is 0 Å². The van der Waals surface area contributed by atoms with Crippen LogP contribution in [0.25, 0.3) is 11.2 Å². The molecule has 2 heterocycles. The summed E-state index contributed by atoms with van der Waals surface area (Å²) in [7, 11) is 0. The molecule has 0 aromatic carbocycles. The minimum atomic E-state index is 0.315. The highest BCUT2D eigenvalue weighted by Crippen LogP contribution is 2.10. The lowest BCUT2D eigenvalue weighted by molar-refractivity contribution is 1.18. The Bertz CT molecular complexity index is 445. The normalized spacial score (nSPS) is 10.6. The fraction of sp³-hybridized carbons (Fsp3) is 0. The van der Waals surface area contributed by atoms with Gasteiger partial charge < -0.3 is 9.97 Å². The van der Waals surface area contributed by atoms with Crippen molar-refractivity contribution in [3.05, 3.63) is 16.3 Å². The summed E-state index contributed by atoms with van der Waals surface area (Å²) in [6, 6.07) is 0. The van der Waals surface area contributed by atoms with Crippen LogP contribution >= 0.6 is 23.8 Å². The summed E-state index contributed by atoms with van der Waals surface area (Å²) in [6.45, 7) is 0. The first-order chi connectivity index (χ1) is 5.27. The summed E-state index contributed by atoms with van der Waals surface area (Å²) in [6.07, 6.45) is 1.49. The van der Waals surface area contributed by atoms with Gasteiger partial charge in [-0.2, -0.15) is 4.98 Å². The number of nitrogens with zero attached hydrogens (tertiary/aromatic N) is 2. The average molecular weight is 187 g/mol. The first kappa shape index (κ1) is 6.75. The fourth-order valence-corrected chi connectivity index (χ4v) is 1.20. The minimum Gasteiger partial charge on any atom is -0.329 e. The van der Waals surface area contributed by atoms with Gasteiger partial charge >= 0.3 is 0 Å². The summed E-state index contributed by atoms with van der Waals surface area (Å²) >= 11 is 10.5. The van der Waals surface area contributed by atoms with Crippen molar-refractivity contribution in [1.29, 1.82) is 0 Å². The Morgan fingerprint density at radius 1 is 1.55 bits per heavy atom. The van der Waals surface area contributed by atoms with Gasteiger partial charge in [0.1, 0.15) is 5.52 Å². The van der Waals surface area contributed by atoms with E-state index in [0.29, 0.717) is 21.1 Å². The second-order valence-corrected chi connectivity index (χ2v) is 2.70. The third kappa shape index (κ3) is 1.02. The fourth-order valence-electron chi connectivity index (χ4n) is 0.820. The van der Waals surface area contributed by atoms with Crippen molar-refractivity contribution in [3.63, 3.8) is 0 Å². The number of nitrogens with one attached hydrogen (secondary N) is 2. The van der Waals surface area contributed by atoms with E-state index in [0.717, 1.165) is 0 Å². The van der Waals surface area contributed by atoms with Gasteiger partial charge in [-0.3, -0.25) is 0 Å². The van der Waals surface area contributed by atoms with Crippen molar-refractivity contribution >= 4 is 35.0 Å². The molecule has 0 spiro atoms. The molecular weight excluding hydrogens is 184 g/mol. The number of aromatic nitrogens is 4.